The summed E-state index contributed by atoms with van der Waals surface area (Å²) in [6.45, 7) is 4.04. The normalized spacial score (nSPS) is 28.9. The number of hydrogen-bond acceptors (Lipinski definition) is 3. The van der Waals surface area contributed by atoms with Crippen LogP contribution in [0.1, 0.15) is 38.2 Å². The average molecular weight is 312 g/mol. The van der Waals surface area contributed by atoms with Gasteiger partial charge in [0.15, 0.2) is 0 Å². The quantitative estimate of drug-likeness (QED) is 0.896. The van der Waals surface area contributed by atoms with Crippen molar-refractivity contribution in [2.45, 2.75) is 50.9 Å². The summed E-state index contributed by atoms with van der Waals surface area (Å²) in [6.07, 6.45) is 1.88. The van der Waals surface area contributed by atoms with Crippen LogP contribution in [0.2, 0.25) is 5.02 Å². The number of nitrogens with two attached hydrogens (primary N) is 1. The summed E-state index contributed by atoms with van der Waals surface area (Å²) in [5.41, 5.74) is 6.91. The second-order valence-corrected chi connectivity index (χ2v) is 6.37. The van der Waals surface area contributed by atoms with Crippen molar-refractivity contribution in [3.8, 4) is 0 Å². The number of hydrogen-bond donors (Lipinski definition) is 2. The Morgan fingerprint density at radius 2 is 1.81 bits per heavy atom. The molecule has 3 N–H and O–H groups in total. The molecular formula is C16H22ClNO3. The number of rotatable bonds is 4. The number of carboxylic acid groups (broad SMARTS) is 1. The molecule has 1 saturated heterocycles. The van der Waals surface area contributed by atoms with Gasteiger partial charge in [0.2, 0.25) is 0 Å². The van der Waals surface area contributed by atoms with E-state index in [2.05, 4.69) is 0 Å². The van der Waals surface area contributed by atoms with Crippen LogP contribution in [-0.2, 0) is 9.53 Å². The van der Waals surface area contributed by atoms with Gasteiger partial charge in [0.1, 0.15) is 6.04 Å². The van der Waals surface area contributed by atoms with Crippen molar-refractivity contribution in [3.05, 3.63) is 34.9 Å². The van der Waals surface area contributed by atoms with Crippen LogP contribution in [0.5, 0.6) is 0 Å². The lowest BCUT2D eigenvalue weighted by Gasteiger charge is -2.38. The van der Waals surface area contributed by atoms with Crippen LogP contribution in [0.25, 0.3) is 0 Å². The largest absolute Gasteiger partial charge is 0.480 e. The summed E-state index contributed by atoms with van der Waals surface area (Å²) in [7, 11) is 0. The Morgan fingerprint density at radius 3 is 2.29 bits per heavy atom. The van der Waals surface area contributed by atoms with Crippen LogP contribution in [0.15, 0.2) is 24.3 Å². The number of aliphatic carboxylic acids is 1. The van der Waals surface area contributed by atoms with Gasteiger partial charge in [-0.2, -0.15) is 0 Å². The molecule has 1 unspecified atom stereocenters. The third-order valence-corrected chi connectivity index (χ3v) is 4.42. The van der Waals surface area contributed by atoms with Crippen molar-refractivity contribution >= 4 is 17.6 Å². The lowest BCUT2D eigenvalue weighted by molar-refractivity contribution is -0.140. The van der Waals surface area contributed by atoms with E-state index in [-0.39, 0.29) is 24.0 Å². The summed E-state index contributed by atoms with van der Waals surface area (Å²) < 4.78 is 5.75. The van der Waals surface area contributed by atoms with Crippen LogP contribution < -0.4 is 5.73 Å². The van der Waals surface area contributed by atoms with E-state index in [9.17, 15) is 9.90 Å². The van der Waals surface area contributed by atoms with E-state index < -0.39 is 12.0 Å². The van der Waals surface area contributed by atoms with Gasteiger partial charge in [-0.25, -0.2) is 0 Å². The molecule has 116 valence electrons. The Kier molecular flexibility index (Phi) is 5.25. The number of ether oxygens (including phenoxy) is 1. The highest BCUT2D eigenvalue weighted by Gasteiger charge is 2.37. The summed E-state index contributed by atoms with van der Waals surface area (Å²) in [5.74, 6) is -1.01. The van der Waals surface area contributed by atoms with E-state index >= 15 is 0 Å². The molecule has 0 aliphatic carbocycles. The lowest BCUT2D eigenvalue weighted by atomic mass is 9.74. The molecule has 5 heteroatoms. The van der Waals surface area contributed by atoms with E-state index in [4.69, 9.17) is 22.1 Å². The van der Waals surface area contributed by atoms with E-state index in [0.29, 0.717) is 5.02 Å². The van der Waals surface area contributed by atoms with Gasteiger partial charge in [0.25, 0.3) is 0 Å². The second-order valence-electron chi connectivity index (χ2n) is 5.93. The van der Waals surface area contributed by atoms with Gasteiger partial charge in [0, 0.05) is 10.9 Å². The molecule has 21 heavy (non-hydrogen) atoms. The number of halogens is 1. The fraction of sp³-hybridized carbons (Fsp3) is 0.562. The van der Waals surface area contributed by atoms with Gasteiger partial charge in [0.05, 0.1) is 12.2 Å². The minimum atomic E-state index is -0.971. The fourth-order valence-electron chi connectivity index (χ4n) is 3.36. The Hall–Kier alpha value is -1.10. The maximum absolute atomic E-state index is 11.4. The zero-order valence-corrected chi connectivity index (χ0v) is 13.1. The standard InChI is InChI=1S/C16H22ClNO3/c1-9-7-12(8-10(2)21-9)14(15(18)16(19)20)11-3-5-13(17)6-4-11/h3-6,9-10,12,14-15H,7-8,18H2,1-2H3,(H,19,20)/t9-,10+,12?,14-,15-/m0/s1. The summed E-state index contributed by atoms with van der Waals surface area (Å²) in [6, 6.07) is 6.39. The fourth-order valence-corrected chi connectivity index (χ4v) is 3.49. The van der Waals surface area contributed by atoms with Gasteiger partial charge in [-0.05, 0) is 50.3 Å². The first kappa shape index (κ1) is 16.3. The molecule has 1 fully saturated rings. The molecule has 0 bridgehead atoms. The Bertz CT molecular complexity index is 481. The molecule has 1 aromatic rings. The smallest absolute Gasteiger partial charge is 0.321 e. The first-order valence-electron chi connectivity index (χ1n) is 7.27. The van der Waals surface area contributed by atoms with Gasteiger partial charge in [-0.1, -0.05) is 23.7 Å². The van der Waals surface area contributed by atoms with E-state index in [0.717, 1.165) is 18.4 Å². The van der Waals surface area contributed by atoms with Gasteiger partial charge in [-0.15, -0.1) is 0 Å². The van der Waals surface area contributed by atoms with Gasteiger partial charge in [-0.3, -0.25) is 4.79 Å². The summed E-state index contributed by atoms with van der Waals surface area (Å²) in [5, 5.41) is 9.98. The van der Waals surface area contributed by atoms with Crippen LogP contribution in [-0.4, -0.2) is 29.3 Å². The maximum atomic E-state index is 11.4. The van der Waals surface area contributed by atoms with Gasteiger partial charge >= 0.3 is 5.97 Å². The Balaban J connectivity index is 2.31. The van der Waals surface area contributed by atoms with Crippen molar-refractivity contribution < 1.29 is 14.6 Å². The molecule has 0 amide bonds. The molecule has 5 atom stereocenters. The molecule has 1 aromatic carbocycles. The predicted molar refractivity (Wildman–Crippen MR) is 82.5 cm³/mol. The highest BCUT2D eigenvalue weighted by Crippen LogP contribution is 2.38. The summed E-state index contributed by atoms with van der Waals surface area (Å²) >= 11 is 5.92. The van der Waals surface area contributed by atoms with E-state index in [1.807, 2.05) is 26.0 Å². The molecule has 4 nitrogen and oxygen atoms in total. The molecular weight excluding hydrogens is 290 g/mol. The van der Waals surface area contributed by atoms with Crippen LogP contribution in [0, 0.1) is 5.92 Å². The number of carboxylic acids is 1. The van der Waals surface area contributed by atoms with Crippen molar-refractivity contribution in [2.24, 2.45) is 11.7 Å². The first-order chi connectivity index (χ1) is 9.88. The monoisotopic (exact) mass is 311 g/mol. The molecule has 2 rings (SSSR count). The highest BCUT2D eigenvalue weighted by atomic mass is 35.5. The van der Waals surface area contributed by atoms with Crippen molar-refractivity contribution in [2.75, 3.05) is 0 Å². The predicted octanol–water partition coefficient (Wildman–Crippen LogP) is 3.04. The third kappa shape index (κ3) is 3.96. The van der Waals surface area contributed by atoms with E-state index in [1.165, 1.54) is 0 Å². The zero-order chi connectivity index (χ0) is 15.6. The molecule has 1 aliphatic heterocycles. The topological polar surface area (TPSA) is 72.6 Å². The van der Waals surface area contributed by atoms with Crippen LogP contribution >= 0.6 is 11.6 Å². The van der Waals surface area contributed by atoms with Crippen molar-refractivity contribution in [3.63, 3.8) is 0 Å². The third-order valence-electron chi connectivity index (χ3n) is 4.17. The zero-order valence-electron chi connectivity index (χ0n) is 12.3. The first-order valence-corrected chi connectivity index (χ1v) is 7.65. The SMILES string of the molecule is C[C@@H]1CC([C@H](c2ccc(Cl)cc2)[C@H](N)C(=O)O)C[C@H](C)O1. The molecule has 1 heterocycles. The van der Waals surface area contributed by atoms with Crippen molar-refractivity contribution in [1.82, 2.24) is 0 Å². The maximum Gasteiger partial charge on any atom is 0.321 e. The minimum Gasteiger partial charge on any atom is -0.480 e. The van der Waals surface area contributed by atoms with Crippen LogP contribution in [0.3, 0.4) is 0 Å². The number of benzene rings is 1. The second kappa shape index (κ2) is 6.77. The molecule has 0 saturated carbocycles. The Labute approximate surface area is 130 Å². The van der Waals surface area contributed by atoms with Crippen LogP contribution in [0.4, 0.5) is 0 Å². The molecule has 1 aliphatic rings. The number of carbonyl (C=O) groups is 1. The van der Waals surface area contributed by atoms with E-state index in [1.54, 1.807) is 12.1 Å². The summed E-state index contributed by atoms with van der Waals surface area (Å²) in [4.78, 5) is 11.4. The Morgan fingerprint density at radius 1 is 1.29 bits per heavy atom. The molecule has 0 radical (unpaired) electrons. The minimum absolute atomic E-state index is 0.120. The molecule has 0 aromatic heterocycles. The van der Waals surface area contributed by atoms with Gasteiger partial charge < -0.3 is 15.6 Å². The van der Waals surface area contributed by atoms with Crippen molar-refractivity contribution in [1.29, 1.82) is 0 Å². The highest BCUT2D eigenvalue weighted by molar-refractivity contribution is 6.30. The lowest BCUT2D eigenvalue weighted by Crippen LogP contribution is -2.43. The molecule has 0 spiro atoms. The average Bonchev–Trinajstić information content (AvgIpc) is 2.40.